The molecule has 2 atom stereocenters. The second-order valence-electron chi connectivity index (χ2n) is 5.71. The second-order valence-corrected chi connectivity index (χ2v) is 7.43. The van der Waals surface area contributed by atoms with Gasteiger partial charge in [-0.25, -0.2) is 13.1 Å². The van der Waals surface area contributed by atoms with Crippen molar-refractivity contribution in [3.8, 4) is 5.75 Å². The summed E-state index contributed by atoms with van der Waals surface area (Å²) in [6.07, 6.45) is 0.972. The average molecular weight is 379 g/mol. The van der Waals surface area contributed by atoms with Crippen LogP contribution in [0.2, 0.25) is 0 Å². The van der Waals surface area contributed by atoms with Crippen LogP contribution < -0.4 is 14.8 Å². The molecule has 1 fully saturated rings. The first-order valence-electron chi connectivity index (χ1n) is 8.06. The minimum Gasteiger partial charge on any atom is -0.491 e. The van der Waals surface area contributed by atoms with Crippen LogP contribution in [-0.4, -0.2) is 47.4 Å². The van der Waals surface area contributed by atoms with Gasteiger partial charge in [0.05, 0.1) is 11.5 Å². The van der Waals surface area contributed by atoms with Gasteiger partial charge in [-0.1, -0.05) is 6.92 Å². The molecule has 1 saturated heterocycles. The maximum Gasteiger partial charge on any atom is 0.240 e. The van der Waals surface area contributed by atoms with Crippen molar-refractivity contribution in [2.75, 3.05) is 32.9 Å². The quantitative estimate of drug-likeness (QED) is 0.674. The van der Waals surface area contributed by atoms with Gasteiger partial charge in [0.1, 0.15) is 12.4 Å². The third-order valence-electron chi connectivity index (χ3n) is 3.97. The Hall–Kier alpha value is -0.860. The Morgan fingerprint density at radius 2 is 1.96 bits per heavy atom. The van der Waals surface area contributed by atoms with Crippen LogP contribution in [0.4, 0.5) is 0 Å². The average Bonchev–Trinajstić information content (AvgIpc) is 2.54. The highest BCUT2D eigenvalue weighted by Crippen LogP contribution is 2.18. The number of hydrogen-bond acceptors (Lipinski definition) is 5. The van der Waals surface area contributed by atoms with Crippen LogP contribution in [0.5, 0.6) is 5.75 Å². The lowest BCUT2D eigenvalue weighted by Gasteiger charge is -2.29. The van der Waals surface area contributed by atoms with Gasteiger partial charge in [-0.3, -0.25) is 0 Å². The topological polar surface area (TPSA) is 76.7 Å². The highest BCUT2D eigenvalue weighted by molar-refractivity contribution is 7.89. The SMILES string of the molecule is CCOCCOc1ccc(S(=O)(=O)NC2CNCCC2C)cc1.Cl. The van der Waals surface area contributed by atoms with Gasteiger partial charge in [0, 0.05) is 19.2 Å². The van der Waals surface area contributed by atoms with Crippen LogP contribution in [0.25, 0.3) is 0 Å². The third kappa shape index (κ3) is 6.22. The maximum absolute atomic E-state index is 12.5. The van der Waals surface area contributed by atoms with Crippen LogP contribution in [-0.2, 0) is 14.8 Å². The van der Waals surface area contributed by atoms with E-state index in [0.29, 0.717) is 38.0 Å². The number of sulfonamides is 1. The lowest BCUT2D eigenvalue weighted by Crippen LogP contribution is -2.50. The summed E-state index contributed by atoms with van der Waals surface area (Å²) in [4.78, 5) is 0.257. The highest BCUT2D eigenvalue weighted by atomic mass is 35.5. The summed E-state index contributed by atoms with van der Waals surface area (Å²) >= 11 is 0. The van der Waals surface area contributed by atoms with Crippen LogP contribution in [0.15, 0.2) is 29.2 Å². The van der Waals surface area contributed by atoms with Gasteiger partial charge in [-0.15, -0.1) is 12.4 Å². The van der Waals surface area contributed by atoms with E-state index in [1.807, 2.05) is 6.92 Å². The Kier molecular flexibility index (Phi) is 9.01. The molecule has 8 heteroatoms. The summed E-state index contributed by atoms with van der Waals surface area (Å²) in [7, 11) is -3.51. The summed E-state index contributed by atoms with van der Waals surface area (Å²) in [5, 5.41) is 3.22. The van der Waals surface area contributed by atoms with E-state index in [1.165, 1.54) is 0 Å². The van der Waals surface area contributed by atoms with Crippen molar-refractivity contribution in [1.82, 2.24) is 10.0 Å². The number of piperidine rings is 1. The Balaban J connectivity index is 0.00000288. The fourth-order valence-electron chi connectivity index (χ4n) is 2.49. The first kappa shape index (κ1) is 21.2. The molecule has 138 valence electrons. The monoisotopic (exact) mass is 378 g/mol. The van der Waals surface area contributed by atoms with Crippen LogP contribution >= 0.6 is 12.4 Å². The molecule has 1 aromatic rings. The number of benzene rings is 1. The maximum atomic E-state index is 12.5. The zero-order chi connectivity index (χ0) is 16.7. The van der Waals surface area contributed by atoms with Crippen molar-refractivity contribution in [3.63, 3.8) is 0 Å². The molecule has 0 saturated carbocycles. The van der Waals surface area contributed by atoms with Crippen LogP contribution in [0, 0.1) is 5.92 Å². The minimum absolute atomic E-state index is 0. The molecule has 24 heavy (non-hydrogen) atoms. The fraction of sp³-hybridized carbons (Fsp3) is 0.625. The molecule has 2 N–H and O–H groups in total. The van der Waals surface area contributed by atoms with Gasteiger partial charge >= 0.3 is 0 Å². The third-order valence-corrected chi connectivity index (χ3v) is 5.47. The van der Waals surface area contributed by atoms with Gasteiger partial charge in [-0.05, 0) is 50.1 Å². The summed E-state index contributed by atoms with van der Waals surface area (Å²) in [5.41, 5.74) is 0. The highest BCUT2D eigenvalue weighted by Gasteiger charge is 2.26. The zero-order valence-electron chi connectivity index (χ0n) is 14.2. The van der Waals surface area contributed by atoms with E-state index in [2.05, 4.69) is 17.0 Å². The number of rotatable bonds is 8. The van der Waals surface area contributed by atoms with Crippen molar-refractivity contribution in [1.29, 1.82) is 0 Å². The summed E-state index contributed by atoms with van der Waals surface area (Å²) in [6, 6.07) is 6.40. The molecule has 1 aliphatic heterocycles. The van der Waals surface area contributed by atoms with Crippen molar-refractivity contribution >= 4 is 22.4 Å². The molecular weight excluding hydrogens is 352 g/mol. The molecule has 0 aromatic heterocycles. The van der Waals surface area contributed by atoms with E-state index in [0.717, 1.165) is 13.0 Å². The number of ether oxygens (including phenoxy) is 2. The molecule has 0 amide bonds. The number of nitrogens with one attached hydrogen (secondary N) is 2. The predicted octanol–water partition coefficient (Wildman–Crippen LogP) is 1.80. The van der Waals surface area contributed by atoms with E-state index in [-0.39, 0.29) is 23.3 Å². The summed E-state index contributed by atoms with van der Waals surface area (Å²) in [6.45, 7) is 7.22. The van der Waals surface area contributed by atoms with Gasteiger partial charge < -0.3 is 14.8 Å². The predicted molar refractivity (Wildman–Crippen MR) is 96.4 cm³/mol. The molecule has 1 aliphatic rings. The van der Waals surface area contributed by atoms with Crippen molar-refractivity contribution in [2.45, 2.75) is 31.2 Å². The Morgan fingerprint density at radius 3 is 2.58 bits per heavy atom. The lowest BCUT2D eigenvalue weighted by atomic mass is 9.96. The Morgan fingerprint density at radius 1 is 1.25 bits per heavy atom. The first-order valence-corrected chi connectivity index (χ1v) is 9.55. The van der Waals surface area contributed by atoms with Gasteiger partial charge in [0.2, 0.25) is 10.0 Å². The number of hydrogen-bond donors (Lipinski definition) is 2. The van der Waals surface area contributed by atoms with Crippen molar-refractivity contribution in [3.05, 3.63) is 24.3 Å². The molecular formula is C16H27ClN2O4S. The van der Waals surface area contributed by atoms with E-state index in [9.17, 15) is 8.42 Å². The van der Waals surface area contributed by atoms with Crippen LogP contribution in [0.1, 0.15) is 20.3 Å². The number of halogens is 1. The molecule has 0 radical (unpaired) electrons. The Bertz CT molecular complexity index is 580. The molecule has 0 aliphatic carbocycles. The zero-order valence-corrected chi connectivity index (χ0v) is 15.8. The van der Waals surface area contributed by atoms with E-state index in [4.69, 9.17) is 9.47 Å². The molecule has 1 heterocycles. The van der Waals surface area contributed by atoms with Gasteiger partial charge in [0.15, 0.2) is 0 Å². The normalized spacial score (nSPS) is 21.1. The Labute approximate surface area is 150 Å². The largest absolute Gasteiger partial charge is 0.491 e. The van der Waals surface area contributed by atoms with E-state index in [1.54, 1.807) is 24.3 Å². The fourth-order valence-corrected chi connectivity index (χ4v) is 3.84. The molecule has 1 aromatic carbocycles. The molecule has 2 unspecified atom stereocenters. The van der Waals surface area contributed by atoms with E-state index >= 15 is 0 Å². The van der Waals surface area contributed by atoms with Crippen LogP contribution in [0.3, 0.4) is 0 Å². The van der Waals surface area contributed by atoms with Crippen molar-refractivity contribution < 1.29 is 17.9 Å². The summed E-state index contributed by atoms with van der Waals surface area (Å²) < 4.78 is 38.4. The standard InChI is InChI=1S/C16H26N2O4S.ClH/c1-3-21-10-11-22-14-4-6-15(7-5-14)23(19,20)18-16-12-17-9-8-13(16)2;/h4-7,13,16-18H,3,8-12H2,1-2H3;1H. The molecule has 0 spiro atoms. The minimum atomic E-state index is -3.51. The van der Waals surface area contributed by atoms with Gasteiger partial charge in [0.25, 0.3) is 0 Å². The smallest absolute Gasteiger partial charge is 0.240 e. The second kappa shape index (κ2) is 10.2. The van der Waals surface area contributed by atoms with Gasteiger partial charge in [-0.2, -0.15) is 0 Å². The van der Waals surface area contributed by atoms with E-state index < -0.39 is 10.0 Å². The summed E-state index contributed by atoms with van der Waals surface area (Å²) in [5.74, 6) is 0.962. The molecule has 2 rings (SSSR count). The lowest BCUT2D eigenvalue weighted by molar-refractivity contribution is 0.110. The molecule has 0 bridgehead atoms. The first-order chi connectivity index (χ1) is 11.0. The van der Waals surface area contributed by atoms with Crippen molar-refractivity contribution in [2.24, 2.45) is 5.92 Å². The molecule has 6 nitrogen and oxygen atoms in total.